The Bertz CT molecular complexity index is 1760. The number of urea groups is 1. The average Bonchev–Trinajstić information content (AvgIpc) is 2.90. The predicted molar refractivity (Wildman–Crippen MR) is 156 cm³/mol. The second-order valence-electron chi connectivity index (χ2n) is 8.57. The summed E-state index contributed by atoms with van der Waals surface area (Å²) in [6, 6.07) is 12.8. The van der Waals surface area contributed by atoms with Gasteiger partial charge in [0, 0.05) is 16.9 Å². The molecule has 0 spiro atoms. The summed E-state index contributed by atoms with van der Waals surface area (Å²) in [5.41, 5.74) is 14.6. The van der Waals surface area contributed by atoms with Crippen LogP contribution < -0.4 is 31.6 Å². The monoisotopic (exact) mass is 620 g/mol. The molecule has 0 aliphatic heterocycles. The molecule has 4 rings (SSSR count). The van der Waals surface area contributed by atoms with Crippen molar-refractivity contribution in [1.82, 2.24) is 9.97 Å². The maximum Gasteiger partial charge on any atom is 0.335 e. The van der Waals surface area contributed by atoms with Gasteiger partial charge in [-0.15, -0.1) is 3.89 Å². The first kappa shape index (κ1) is 29.6. The minimum Gasteiger partial charge on any atom is -0.495 e. The van der Waals surface area contributed by atoms with Crippen LogP contribution in [-0.4, -0.2) is 31.5 Å². The lowest BCUT2D eigenvalue weighted by Crippen LogP contribution is -2.20. The zero-order valence-corrected chi connectivity index (χ0v) is 23.9. The van der Waals surface area contributed by atoms with Crippen LogP contribution in [0.2, 0.25) is 10.0 Å². The highest BCUT2D eigenvalue weighted by atomic mass is 35.5. The third kappa shape index (κ3) is 7.06. The van der Waals surface area contributed by atoms with Gasteiger partial charge in [0.05, 0.1) is 22.8 Å². The average molecular weight is 621 g/mol. The molecular formula is C26H23Cl2FN6O5S. The van der Waals surface area contributed by atoms with E-state index in [1.54, 1.807) is 43.3 Å². The number of carbonyl (C=O) groups excluding carboxylic acids is 1. The Morgan fingerprint density at radius 3 is 2.41 bits per heavy atom. The molecule has 0 atom stereocenters. The fraction of sp³-hybridized carbons (Fsp3) is 0.115. The number of aromatic nitrogens is 2. The van der Waals surface area contributed by atoms with E-state index in [1.807, 2.05) is 0 Å². The van der Waals surface area contributed by atoms with E-state index in [2.05, 4.69) is 20.6 Å². The zero-order chi connectivity index (χ0) is 29.9. The van der Waals surface area contributed by atoms with Gasteiger partial charge in [-0.2, -0.15) is 13.4 Å². The number of nitrogens with zero attached hydrogens (tertiary/aromatic N) is 2. The van der Waals surface area contributed by atoms with Crippen molar-refractivity contribution in [2.24, 2.45) is 0 Å². The molecule has 3 aromatic carbocycles. The minimum atomic E-state index is -5.07. The highest BCUT2D eigenvalue weighted by molar-refractivity contribution is 7.86. The van der Waals surface area contributed by atoms with Gasteiger partial charge in [-0.25, -0.2) is 9.78 Å². The first-order chi connectivity index (χ1) is 19.3. The summed E-state index contributed by atoms with van der Waals surface area (Å²) in [6.07, 6.45) is 0. The molecule has 0 unspecified atom stereocenters. The van der Waals surface area contributed by atoms with Gasteiger partial charge in [0.2, 0.25) is 5.95 Å². The van der Waals surface area contributed by atoms with Gasteiger partial charge in [-0.3, -0.25) is 0 Å². The number of nitrogen functional groups attached to an aromatic ring is 2. The van der Waals surface area contributed by atoms with Crippen molar-refractivity contribution < 1.29 is 26.6 Å². The lowest BCUT2D eigenvalue weighted by atomic mass is 10.0. The molecule has 0 radical (unpaired) electrons. The number of hydrogen-bond acceptors (Lipinski definition) is 9. The van der Waals surface area contributed by atoms with Crippen molar-refractivity contribution in [1.29, 1.82) is 0 Å². The van der Waals surface area contributed by atoms with E-state index in [1.165, 1.54) is 19.2 Å². The van der Waals surface area contributed by atoms with Crippen molar-refractivity contribution in [2.75, 3.05) is 29.2 Å². The third-order valence-electron chi connectivity index (χ3n) is 5.74. The zero-order valence-electron chi connectivity index (χ0n) is 21.5. The van der Waals surface area contributed by atoms with E-state index in [0.717, 1.165) is 6.07 Å². The number of amides is 2. The van der Waals surface area contributed by atoms with Crippen LogP contribution in [0, 0.1) is 6.92 Å². The number of nitrogens with one attached hydrogen (secondary N) is 2. The van der Waals surface area contributed by atoms with E-state index in [4.69, 9.17) is 44.1 Å². The molecule has 0 aliphatic rings. The fourth-order valence-corrected chi connectivity index (χ4v) is 4.82. The molecule has 0 aliphatic carbocycles. The number of halogens is 3. The summed E-state index contributed by atoms with van der Waals surface area (Å²) in [6.45, 7) is 1.72. The SMILES string of the molecule is COc1ccc(NC(=O)Nc2ccc(OCc3nc(N)nc(N)c3-c3ccc(Cl)c(Cl)c3)cc2C)cc1S(=O)(=O)F. The maximum absolute atomic E-state index is 13.6. The summed E-state index contributed by atoms with van der Waals surface area (Å²) in [5, 5.41) is 5.81. The number of benzene rings is 3. The molecule has 4 aromatic rings. The highest BCUT2D eigenvalue weighted by Crippen LogP contribution is 2.34. The Balaban J connectivity index is 1.48. The lowest BCUT2D eigenvalue weighted by molar-refractivity contribution is 0.262. The normalized spacial score (nSPS) is 11.1. The third-order valence-corrected chi connectivity index (χ3v) is 7.33. The summed E-state index contributed by atoms with van der Waals surface area (Å²) in [5.74, 6) is 0.377. The first-order valence-corrected chi connectivity index (χ1v) is 13.8. The molecule has 41 heavy (non-hydrogen) atoms. The number of methoxy groups -OCH3 is 1. The van der Waals surface area contributed by atoms with Crippen molar-refractivity contribution in [3.05, 3.63) is 75.9 Å². The maximum atomic E-state index is 13.6. The molecular weight excluding hydrogens is 598 g/mol. The number of carbonyl (C=O) groups is 1. The Labute approximate surface area is 244 Å². The Hall–Kier alpha value is -4.33. The number of aryl methyl sites for hydroxylation is 1. The Morgan fingerprint density at radius 2 is 1.76 bits per heavy atom. The molecule has 6 N–H and O–H groups in total. The molecule has 0 bridgehead atoms. The molecule has 0 fully saturated rings. The van der Waals surface area contributed by atoms with Crippen molar-refractivity contribution >= 4 is 62.6 Å². The standard InChI is InChI=1S/C26H23Cl2FN6O5S/c1-13-9-16(40-12-20-23(24(30)35-25(31)33-20)14-3-6-17(27)18(28)10-14)5-7-19(13)34-26(36)32-15-4-8-21(39-2)22(11-15)41(29,37)38/h3-11H,12H2,1-2H3,(H2,32,34,36)(H4,30,31,33,35). The number of anilines is 4. The second-order valence-corrected chi connectivity index (χ2v) is 10.7. The molecule has 2 amide bonds. The molecule has 0 saturated heterocycles. The molecule has 0 saturated carbocycles. The largest absolute Gasteiger partial charge is 0.495 e. The Kier molecular flexibility index (Phi) is 8.71. The minimum absolute atomic E-state index is 0.0174. The number of rotatable bonds is 8. The van der Waals surface area contributed by atoms with Crippen LogP contribution in [0.5, 0.6) is 11.5 Å². The van der Waals surface area contributed by atoms with Gasteiger partial charge in [0.25, 0.3) is 0 Å². The summed E-state index contributed by atoms with van der Waals surface area (Å²) < 4.78 is 47.2. The number of ether oxygens (including phenoxy) is 2. The summed E-state index contributed by atoms with van der Waals surface area (Å²) >= 11 is 12.2. The van der Waals surface area contributed by atoms with Crippen LogP contribution >= 0.6 is 23.2 Å². The lowest BCUT2D eigenvalue weighted by Gasteiger charge is -2.15. The summed E-state index contributed by atoms with van der Waals surface area (Å²) in [7, 11) is -3.87. The van der Waals surface area contributed by atoms with Gasteiger partial charge in [-0.05, 0) is 66.6 Å². The van der Waals surface area contributed by atoms with Crippen molar-refractivity contribution in [3.63, 3.8) is 0 Å². The van der Waals surface area contributed by atoms with Crippen molar-refractivity contribution in [3.8, 4) is 22.6 Å². The van der Waals surface area contributed by atoms with Gasteiger partial charge in [0.1, 0.15) is 28.8 Å². The van der Waals surface area contributed by atoms with Gasteiger partial charge in [0.15, 0.2) is 0 Å². The van der Waals surface area contributed by atoms with Crippen LogP contribution in [-0.2, 0) is 16.8 Å². The molecule has 15 heteroatoms. The molecule has 1 heterocycles. The quantitative estimate of drug-likeness (QED) is 0.177. The summed E-state index contributed by atoms with van der Waals surface area (Å²) in [4.78, 5) is 20.2. The van der Waals surface area contributed by atoms with Crippen LogP contribution in [0.15, 0.2) is 59.5 Å². The van der Waals surface area contributed by atoms with Gasteiger partial charge < -0.3 is 31.6 Å². The van der Waals surface area contributed by atoms with Crippen LogP contribution in [0.4, 0.5) is 31.8 Å². The molecule has 214 valence electrons. The molecule has 11 nitrogen and oxygen atoms in total. The first-order valence-electron chi connectivity index (χ1n) is 11.7. The van der Waals surface area contributed by atoms with Crippen LogP contribution in [0.1, 0.15) is 11.3 Å². The molecule has 1 aromatic heterocycles. The van der Waals surface area contributed by atoms with Crippen molar-refractivity contribution in [2.45, 2.75) is 18.4 Å². The highest BCUT2D eigenvalue weighted by Gasteiger charge is 2.20. The van der Waals surface area contributed by atoms with Crippen LogP contribution in [0.25, 0.3) is 11.1 Å². The predicted octanol–water partition coefficient (Wildman–Crippen LogP) is 5.81. The smallest absolute Gasteiger partial charge is 0.335 e. The van der Waals surface area contributed by atoms with Crippen LogP contribution in [0.3, 0.4) is 0 Å². The number of hydrogen-bond donors (Lipinski definition) is 4. The number of nitrogens with two attached hydrogens (primary N) is 2. The fourth-order valence-electron chi connectivity index (χ4n) is 3.86. The van der Waals surface area contributed by atoms with Gasteiger partial charge in [-0.1, -0.05) is 29.3 Å². The van der Waals surface area contributed by atoms with E-state index < -0.39 is 21.1 Å². The van der Waals surface area contributed by atoms with E-state index in [9.17, 15) is 17.1 Å². The van der Waals surface area contributed by atoms with E-state index in [0.29, 0.717) is 43.9 Å². The Morgan fingerprint density at radius 1 is 1.00 bits per heavy atom. The second kappa shape index (κ2) is 12.0. The van der Waals surface area contributed by atoms with E-state index >= 15 is 0 Å². The topological polar surface area (TPSA) is 172 Å². The van der Waals surface area contributed by atoms with E-state index in [-0.39, 0.29) is 29.8 Å². The van der Waals surface area contributed by atoms with Gasteiger partial charge >= 0.3 is 16.3 Å².